The van der Waals surface area contributed by atoms with E-state index in [4.69, 9.17) is 0 Å². The van der Waals surface area contributed by atoms with Crippen LogP contribution in [0.5, 0.6) is 0 Å². The standard InChI is InChI=1S/C15H16FN3O2/c1-9-8-19(15(21)13-7-14(20)18-17-13)5-4-10-2-3-11(16)6-12(9)10/h2-3,6,9H,4-5,7-8H2,1H3,(H,18,20). The topological polar surface area (TPSA) is 61.8 Å². The molecule has 0 spiro atoms. The fraction of sp³-hybridized carbons (Fsp3) is 0.400. The van der Waals surface area contributed by atoms with Crippen molar-refractivity contribution in [2.45, 2.75) is 25.7 Å². The smallest absolute Gasteiger partial charge is 0.270 e. The van der Waals surface area contributed by atoms with Gasteiger partial charge in [0.1, 0.15) is 11.5 Å². The van der Waals surface area contributed by atoms with E-state index in [1.807, 2.05) is 6.92 Å². The molecule has 2 aliphatic heterocycles. The lowest BCUT2D eigenvalue weighted by Crippen LogP contribution is -2.38. The summed E-state index contributed by atoms with van der Waals surface area (Å²) in [5, 5.41) is 3.78. The van der Waals surface area contributed by atoms with Gasteiger partial charge in [0.25, 0.3) is 5.91 Å². The molecule has 0 fully saturated rings. The molecule has 0 aliphatic carbocycles. The van der Waals surface area contributed by atoms with Crippen molar-refractivity contribution in [1.29, 1.82) is 0 Å². The third-order valence-electron chi connectivity index (χ3n) is 3.96. The molecule has 5 nitrogen and oxygen atoms in total. The lowest BCUT2D eigenvalue weighted by Gasteiger charge is -2.22. The lowest BCUT2D eigenvalue weighted by molar-refractivity contribution is -0.125. The summed E-state index contributed by atoms with van der Waals surface area (Å²) in [5.41, 5.74) is 4.57. The van der Waals surface area contributed by atoms with Gasteiger partial charge in [-0.3, -0.25) is 9.59 Å². The molecule has 0 saturated carbocycles. The van der Waals surface area contributed by atoms with Gasteiger partial charge in [0.15, 0.2) is 0 Å². The average molecular weight is 289 g/mol. The van der Waals surface area contributed by atoms with Crippen LogP contribution >= 0.6 is 0 Å². The molecular formula is C15H16FN3O2. The summed E-state index contributed by atoms with van der Waals surface area (Å²) in [6, 6.07) is 4.78. The Morgan fingerprint density at radius 3 is 3.00 bits per heavy atom. The fourth-order valence-corrected chi connectivity index (χ4v) is 2.88. The Morgan fingerprint density at radius 2 is 2.29 bits per heavy atom. The van der Waals surface area contributed by atoms with Gasteiger partial charge < -0.3 is 4.90 Å². The van der Waals surface area contributed by atoms with E-state index in [1.165, 1.54) is 6.07 Å². The van der Waals surface area contributed by atoms with Crippen LogP contribution in [0, 0.1) is 5.82 Å². The average Bonchev–Trinajstić information content (AvgIpc) is 2.82. The largest absolute Gasteiger partial charge is 0.337 e. The number of carbonyl (C=O) groups excluding carboxylic acids is 2. The Hall–Kier alpha value is -2.24. The molecule has 6 heteroatoms. The molecule has 2 amide bonds. The Kier molecular flexibility index (Phi) is 3.45. The highest BCUT2D eigenvalue weighted by Gasteiger charge is 2.29. The second-order valence-corrected chi connectivity index (χ2v) is 5.52. The molecule has 2 heterocycles. The van der Waals surface area contributed by atoms with Crippen LogP contribution in [-0.2, 0) is 16.0 Å². The van der Waals surface area contributed by atoms with Crippen molar-refractivity contribution in [3.05, 3.63) is 35.1 Å². The molecule has 0 radical (unpaired) electrons. The molecule has 0 aromatic heterocycles. The quantitative estimate of drug-likeness (QED) is 0.844. The zero-order valence-corrected chi connectivity index (χ0v) is 11.7. The van der Waals surface area contributed by atoms with E-state index in [1.54, 1.807) is 17.0 Å². The van der Waals surface area contributed by atoms with Crippen LogP contribution in [0.2, 0.25) is 0 Å². The molecule has 0 bridgehead atoms. The van der Waals surface area contributed by atoms with Crippen LogP contribution in [-0.4, -0.2) is 35.5 Å². The predicted octanol–water partition coefficient (Wildman–Crippen LogP) is 1.19. The van der Waals surface area contributed by atoms with E-state index in [9.17, 15) is 14.0 Å². The number of amides is 2. The summed E-state index contributed by atoms with van der Waals surface area (Å²) in [7, 11) is 0. The molecule has 1 unspecified atom stereocenters. The van der Waals surface area contributed by atoms with Crippen molar-refractivity contribution in [2.24, 2.45) is 5.10 Å². The van der Waals surface area contributed by atoms with Crippen molar-refractivity contribution in [2.75, 3.05) is 13.1 Å². The minimum Gasteiger partial charge on any atom is -0.337 e. The van der Waals surface area contributed by atoms with E-state index >= 15 is 0 Å². The van der Waals surface area contributed by atoms with Crippen molar-refractivity contribution in [3.8, 4) is 0 Å². The monoisotopic (exact) mass is 289 g/mol. The van der Waals surface area contributed by atoms with Gasteiger partial charge in [-0.2, -0.15) is 5.10 Å². The van der Waals surface area contributed by atoms with E-state index in [2.05, 4.69) is 10.5 Å². The first kappa shape index (κ1) is 13.7. The lowest BCUT2D eigenvalue weighted by atomic mass is 9.95. The zero-order valence-electron chi connectivity index (χ0n) is 11.7. The van der Waals surface area contributed by atoms with Crippen molar-refractivity contribution >= 4 is 17.5 Å². The summed E-state index contributed by atoms with van der Waals surface area (Å²) in [6.45, 7) is 3.03. The summed E-state index contributed by atoms with van der Waals surface area (Å²) >= 11 is 0. The van der Waals surface area contributed by atoms with Gasteiger partial charge in [0, 0.05) is 13.1 Å². The molecule has 1 N–H and O–H groups in total. The number of fused-ring (bicyclic) bond motifs is 1. The molecule has 2 aliphatic rings. The number of carbonyl (C=O) groups is 2. The van der Waals surface area contributed by atoms with Crippen LogP contribution < -0.4 is 5.43 Å². The normalized spacial score (nSPS) is 21.4. The highest BCUT2D eigenvalue weighted by atomic mass is 19.1. The van der Waals surface area contributed by atoms with Gasteiger partial charge in [-0.05, 0) is 35.6 Å². The minimum absolute atomic E-state index is 0.0330. The molecule has 110 valence electrons. The van der Waals surface area contributed by atoms with Gasteiger partial charge in [-0.25, -0.2) is 9.82 Å². The molecule has 3 rings (SSSR count). The van der Waals surface area contributed by atoms with Gasteiger partial charge >= 0.3 is 0 Å². The predicted molar refractivity (Wildman–Crippen MR) is 75.3 cm³/mol. The number of hydrogen-bond acceptors (Lipinski definition) is 3. The van der Waals surface area contributed by atoms with Crippen molar-refractivity contribution in [1.82, 2.24) is 10.3 Å². The first-order chi connectivity index (χ1) is 10.0. The van der Waals surface area contributed by atoms with E-state index in [0.29, 0.717) is 19.5 Å². The van der Waals surface area contributed by atoms with Crippen LogP contribution in [0.15, 0.2) is 23.3 Å². The van der Waals surface area contributed by atoms with Crippen LogP contribution in [0.4, 0.5) is 4.39 Å². The van der Waals surface area contributed by atoms with Crippen molar-refractivity contribution in [3.63, 3.8) is 0 Å². The summed E-state index contributed by atoms with van der Waals surface area (Å²) in [6.07, 6.45) is 0.714. The third-order valence-corrected chi connectivity index (χ3v) is 3.96. The first-order valence-electron chi connectivity index (χ1n) is 6.97. The number of benzene rings is 1. The summed E-state index contributed by atoms with van der Waals surface area (Å²) < 4.78 is 13.4. The highest BCUT2D eigenvalue weighted by molar-refractivity contribution is 6.43. The Morgan fingerprint density at radius 1 is 1.48 bits per heavy atom. The van der Waals surface area contributed by atoms with Gasteiger partial charge in [0.2, 0.25) is 5.91 Å². The number of nitrogens with zero attached hydrogens (tertiary/aromatic N) is 2. The maximum Gasteiger partial charge on any atom is 0.270 e. The fourth-order valence-electron chi connectivity index (χ4n) is 2.88. The molecule has 1 aromatic rings. The number of nitrogens with one attached hydrogen (secondary N) is 1. The molecule has 1 atom stereocenters. The maximum absolute atomic E-state index is 13.4. The van der Waals surface area contributed by atoms with Gasteiger partial charge in [0.05, 0.1) is 6.42 Å². The Labute approximate surface area is 121 Å². The number of halogens is 1. The number of rotatable bonds is 1. The first-order valence-corrected chi connectivity index (χ1v) is 6.97. The maximum atomic E-state index is 13.4. The third kappa shape index (κ3) is 2.66. The van der Waals surface area contributed by atoms with Gasteiger partial charge in [-0.1, -0.05) is 13.0 Å². The molecular weight excluding hydrogens is 273 g/mol. The van der Waals surface area contributed by atoms with Crippen molar-refractivity contribution < 1.29 is 14.0 Å². The molecule has 21 heavy (non-hydrogen) atoms. The van der Waals surface area contributed by atoms with Gasteiger partial charge in [-0.15, -0.1) is 0 Å². The number of hydrazone groups is 1. The van der Waals surface area contributed by atoms with E-state index < -0.39 is 0 Å². The number of hydrogen-bond donors (Lipinski definition) is 1. The molecule has 0 saturated heterocycles. The van der Waals surface area contributed by atoms with Crippen LogP contribution in [0.1, 0.15) is 30.4 Å². The van der Waals surface area contributed by atoms with E-state index in [-0.39, 0.29) is 35.7 Å². The zero-order chi connectivity index (χ0) is 15.0. The second kappa shape index (κ2) is 5.27. The Bertz CT molecular complexity index is 642. The highest BCUT2D eigenvalue weighted by Crippen LogP contribution is 2.26. The van der Waals surface area contributed by atoms with Crippen LogP contribution in [0.3, 0.4) is 0 Å². The Balaban J connectivity index is 1.80. The second-order valence-electron chi connectivity index (χ2n) is 5.52. The SMILES string of the molecule is CC1CN(C(=O)C2=NNC(=O)C2)CCc2ccc(F)cc21. The summed E-state index contributed by atoms with van der Waals surface area (Å²) in [4.78, 5) is 25.2. The summed E-state index contributed by atoms with van der Waals surface area (Å²) in [5.74, 6) is -0.678. The molecule has 1 aromatic carbocycles. The minimum atomic E-state index is -0.258. The van der Waals surface area contributed by atoms with Crippen LogP contribution in [0.25, 0.3) is 0 Å². The van der Waals surface area contributed by atoms with E-state index in [0.717, 1.165) is 11.1 Å².